The number of aryl methyl sites for hydroxylation is 1. The predicted octanol–water partition coefficient (Wildman–Crippen LogP) is 1.11. The van der Waals surface area contributed by atoms with Crippen LogP contribution in [-0.2, 0) is 0 Å². The van der Waals surface area contributed by atoms with Gasteiger partial charge in [0.05, 0.1) is 5.60 Å². The van der Waals surface area contributed by atoms with Crippen LogP contribution in [0.25, 0.3) is 0 Å². The number of aliphatic hydroxyl groups is 1. The van der Waals surface area contributed by atoms with E-state index in [0.717, 1.165) is 43.7 Å². The predicted molar refractivity (Wildman–Crippen MR) is 67.9 cm³/mol. The van der Waals surface area contributed by atoms with E-state index in [1.165, 1.54) is 0 Å². The molecule has 17 heavy (non-hydrogen) atoms. The highest BCUT2D eigenvalue weighted by atomic mass is 16.3. The molecule has 5 nitrogen and oxygen atoms in total. The van der Waals surface area contributed by atoms with Crippen molar-refractivity contribution in [3.63, 3.8) is 0 Å². The molecule has 2 heterocycles. The molecule has 1 saturated heterocycles. The Morgan fingerprint density at radius 2 is 2.18 bits per heavy atom. The van der Waals surface area contributed by atoms with E-state index in [1.54, 1.807) is 6.20 Å². The van der Waals surface area contributed by atoms with Gasteiger partial charge in [0.1, 0.15) is 5.82 Å². The van der Waals surface area contributed by atoms with Crippen LogP contribution in [0.1, 0.15) is 31.7 Å². The van der Waals surface area contributed by atoms with Crippen molar-refractivity contribution in [2.24, 2.45) is 0 Å². The first kappa shape index (κ1) is 12.1. The second-order valence-corrected chi connectivity index (χ2v) is 5.07. The Kier molecular flexibility index (Phi) is 3.19. The Hall–Kier alpha value is -1.36. The van der Waals surface area contributed by atoms with Crippen LogP contribution in [0.5, 0.6) is 0 Å². The van der Waals surface area contributed by atoms with Crippen LogP contribution < -0.4 is 10.6 Å². The van der Waals surface area contributed by atoms with Gasteiger partial charge in [-0.05, 0) is 33.1 Å². The lowest BCUT2D eigenvalue weighted by Gasteiger charge is -2.24. The normalized spacial score (nSPS) is 25.7. The van der Waals surface area contributed by atoms with E-state index in [-0.39, 0.29) is 0 Å². The maximum absolute atomic E-state index is 10.1. The second-order valence-electron chi connectivity index (χ2n) is 5.07. The Bertz CT molecular complexity index is 405. The molecule has 1 aromatic rings. The highest BCUT2D eigenvalue weighted by molar-refractivity contribution is 5.48. The fourth-order valence-electron chi connectivity index (χ4n) is 2.24. The molecule has 94 valence electrons. The fourth-order valence-corrected chi connectivity index (χ4v) is 2.24. The highest BCUT2D eigenvalue weighted by Gasteiger charge is 2.26. The average molecular weight is 236 g/mol. The zero-order valence-corrected chi connectivity index (χ0v) is 10.5. The van der Waals surface area contributed by atoms with Crippen LogP contribution in [0.2, 0.25) is 0 Å². The van der Waals surface area contributed by atoms with Gasteiger partial charge in [0.25, 0.3) is 0 Å². The zero-order chi connectivity index (χ0) is 12.5. The molecule has 1 fully saturated rings. The van der Waals surface area contributed by atoms with Crippen molar-refractivity contribution in [3.8, 4) is 0 Å². The third-order valence-electron chi connectivity index (χ3n) is 3.33. The van der Waals surface area contributed by atoms with Crippen molar-refractivity contribution < 1.29 is 5.11 Å². The molecule has 0 aromatic carbocycles. The molecular weight excluding hydrogens is 216 g/mol. The van der Waals surface area contributed by atoms with Gasteiger partial charge in [-0.2, -0.15) is 4.98 Å². The maximum Gasteiger partial charge on any atom is 0.221 e. The highest BCUT2D eigenvalue weighted by Crippen LogP contribution is 2.25. The van der Waals surface area contributed by atoms with Crippen molar-refractivity contribution in [1.29, 1.82) is 0 Å². The Morgan fingerprint density at radius 1 is 1.41 bits per heavy atom. The molecule has 0 aliphatic carbocycles. The lowest BCUT2D eigenvalue weighted by atomic mass is 9.98. The first-order valence-electron chi connectivity index (χ1n) is 6.04. The molecule has 5 heteroatoms. The minimum atomic E-state index is -0.554. The van der Waals surface area contributed by atoms with E-state index in [1.807, 2.05) is 13.8 Å². The average Bonchev–Trinajstić information content (AvgIpc) is 2.43. The molecule has 1 aliphatic heterocycles. The minimum Gasteiger partial charge on any atom is -0.390 e. The number of rotatable bonds is 1. The fraction of sp³-hybridized carbons (Fsp3) is 0.667. The third kappa shape index (κ3) is 2.85. The summed E-state index contributed by atoms with van der Waals surface area (Å²) in [6.07, 6.45) is 4.32. The van der Waals surface area contributed by atoms with E-state index in [4.69, 9.17) is 5.73 Å². The van der Waals surface area contributed by atoms with Crippen LogP contribution in [-0.4, -0.2) is 33.8 Å². The molecule has 1 atom stereocenters. The van der Waals surface area contributed by atoms with Gasteiger partial charge in [0, 0.05) is 24.8 Å². The van der Waals surface area contributed by atoms with Crippen molar-refractivity contribution in [3.05, 3.63) is 11.8 Å². The molecule has 0 amide bonds. The summed E-state index contributed by atoms with van der Waals surface area (Å²) in [4.78, 5) is 10.5. The smallest absolute Gasteiger partial charge is 0.221 e. The summed E-state index contributed by atoms with van der Waals surface area (Å²) in [6, 6.07) is 0. The molecule has 3 N–H and O–H groups in total. The SMILES string of the molecule is Cc1cnc(N)nc1N1CCCC(C)(O)CC1. The first-order valence-corrected chi connectivity index (χ1v) is 6.04. The standard InChI is InChI=1S/C12H20N4O/c1-9-8-14-11(13)15-10(9)16-6-3-4-12(2,17)5-7-16/h8,17H,3-7H2,1-2H3,(H2,13,14,15). The number of nitrogens with zero attached hydrogens (tertiary/aromatic N) is 3. The first-order chi connectivity index (χ1) is 7.98. The summed E-state index contributed by atoms with van der Waals surface area (Å²) in [5, 5.41) is 10.1. The third-order valence-corrected chi connectivity index (χ3v) is 3.33. The Balaban J connectivity index is 2.19. The molecule has 1 aliphatic rings. The lowest BCUT2D eigenvalue weighted by molar-refractivity contribution is 0.0481. The van der Waals surface area contributed by atoms with Crippen LogP contribution in [0.15, 0.2) is 6.20 Å². The van der Waals surface area contributed by atoms with Gasteiger partial charge in [-0.1, -0.05) is 0 Å². The van der Waals surface area contributed by atoms with Gasteiger partial charge in [0.2, 0.25) is 5.95 Å². The molecule has 0 saturated carbocycles. The number of nitrogens with two attached hydrogens (primary N) is 1. The number of nitrogen functional groups attached to an aromatic ring is 1. The van der Waals surface area contributed by atoms with Gasteiger partial charge >= 0.3 is 0 Å². The number of hydrogen-bond acceptors (Lipinski definition) is 5. The maximum atomic E-state index is 10.1. The van der Waals surface area contributed by atoms with Gasteiger partial charge in [-0.25, -0.2) is 4.98 Å². The molecular formula is C12H20N4O. The Morgan fingerprint density at radius 3 is 2.94 bits per heavy atom. The minimum absolute atomic E-state index is 0.307. The van der Waals surface area contributed by atoms with Crippen molar-refractivity contribution >= 4 is 11.8 Å². The molecule has 2 rings (SSSR count). The van der Waals surface area contributed by atoms with Crippen molar-refractivity contribution in [2.45, 2.75) is 38.7 Å². The van der Waals surface area contributed by atoms with Gasteiger partial charge < -0.3 is 15.7 Å². The Labute approximate surface area is 102 Å². The van der Waals surface area contributed by atoms with Gasteiger partial charge in [0.15, 0.2) is 0 Å². The van der Waals surface area contributed by atoms with Crippen molar-refractivity contribution in [1.82, 2.24) is 9.97 Å². The van der Waals surface area contributed by atoms with E-state index in [9.17, 15) is 5.11 Å². The van der Waals surface area contributed by atoms with Crippen LogP contribution in [0.3, 0.4) is 0 Å². The number of aromatic nitrogens is 2. The van der Waals surface area contributed by atoms with E-state index in [0.29, 0.717) is 5.95 Å². The molecule has 0 radical (unpaired) electrons. The van der Waals surface area contributed by atoms with E-state index in [2.05, 4.69) is 14.9 Å². The lowest BCUT2D eigenvalue weighted by Crippen LogP contribution is -2.29. The van der Waals surface area contributed by atoms with Gasteiger partial charge in [-0.3, -0.25) is 0 Å². The summed E-state index contributed by atoms with van der Waals surface area (Å²) in [7, 11) is 0. The zero-order valence-electron chi connectivity index (χ0n) is 10.5. The molecule has 0 bridgehead atoms. The number of hydrogen-bond donors (Lipinski definition) is 2. The summed E-state index contributed by atoms with van der Waals surface area (Å²) in [5.41, 5.74) is 6.10. The summed E-state index contributed by atoms with van der Waals surface area (Å²) < 4.78 is 0. The quantitative estimate of drug-likeness (QED) is 0.764. The van der Waals surface area contributed by atoms with Crippen LogP contribution in [0.4, 0.5) is 11.8 Å². The summed E-state index contributed by atoms with van der Waals surface area (Å²) in [5.74, 6) is 1.21. The molecule has 1 unspecified atom stereocenters. The second kappa shape index (κ2) is 4.49. The summed E-state index contributed by atoms with van der Waals surface area (Å²) in [6.45, 7) is 5.60. The van der Waals surface area contributed by atoms with E-state index < -0.39 is 5.60 Å². The van der Waals surface area contributed by atoms with Crippen LogP contribution in [0, 0.1) is 6.92 Å². The topological polar surface area (TPSA) is 75.3 Å². The van der Waals surface area contributed by atoms with E-state index >= 15 is 0 Å². The largest absolute Gasteiger partial charge is 0.390 e. The van der Waals surface area contributed by atoms with Crippen molar-refractivity contribution in [2.75, 3.05) is 23.7 Å². The monoisotopic (exact) mass is 236 g/mol. The molecule has 0 spiro atoms. The molecule has 1 aromatic heterocycles. The summed E-state index contributed by atoms with van der Waals surface area (Å²) >= 11 is 0. The van der Waals surface area contributed by atoms with Crippen LogP contribution >= 0.6 is 0 Å². The van der Waals surface area contributed by atoms with Gasteiger partial charge in [-0.15, -0.1) is 0 Å². The number of anilines is 2.